The maximum absolute atomic E-state index is 12.5. The van der Waals surface area contributed by atoms with E-state index >= 15 is 0 Å². The molecule has 3 aromatic carbocycles. The molecular weight excluding hydrogens is 326 g/mol. The molecular formula is C22H23NO3. The van der Waals surface area contributed by atoms with Crippen LogP contribution in [-0.2, 0) is 11.3 Å². The summed E-state index contributed by atoms with van der Waals surface area (Å²) in [7, 11) is 1.63. The van der Waals surface area contributed by atoms with Crippen LogP contribution in [-0.4, -0.2) is 19.1 Å². The molecule has 134 valence electrons. The Balaban J connectivity index is 1.62. The average molecular weight is 349 g/mol. The van der Waals surface area contributed by atoms with Gasteiger partial charge in [0, 0.05) is 6.54 Å². The molecule has 3 rings (SSSR count). The first-order chi connectivity index (χ1) is 12.7. The van der Waals surface area contributed by atoms with Gasteiger partial charge in [0.1, 0.15) is 11.5 Å². The fraction of sp³-hybridized carbons (Fsp3) is 0.227. The molecule has 1 amide bonds. The van der Waals surface area contributed by atoms with Crippen LogP contribution in [0.25, 0.3) is 10.8 Å². The van der Waals surface area contributed by atoms with Crippen LogP contribution in [0.4, 0.5) is 0 Å². The topological polar surface area (TPSA) is 47.6 Å². The highest BCUT2D eigenvalue weighted by Gasteiger charge is 2.18. The summed E-state index contributed by atoms with van der Waals surface area (Å²) < 4.78 is 11.1. The average Bonchev–Trinajstić information content (AvgIpc) is 2.70. The molecule has 0 radical (unpaired) electrons. The predicted octanol–water partition coefficient (Wildman–Crippen LogP) is 4.32. The van der Waals surface area contributed by atoms with E-state index in [-0.39, 0.29) is 5.91 Å². The SMILES string of the molecule is CC[C@H](Oc1ccc2ccccc2c1)C(=O)NCc1ccc(OC)cc1. The minimum atomic E-state index is -0.519. The van der Waals surface area contributed by atoms with E-state index in [1.807, 2.05) is 67.6 Å². The molecule has 0 bridgehead atoms. The van der Waals surface area contributed by atoms with Gasteiger partial charge in [-0.15, -0.1) is 0 Å². The molecule has 0 aliphatic heterocycles. The van der Waals surface area contributed by atoms with Crippen LogP contribution < -0.4 is 14.8 Å². The molecule has 4 heteroatoms. The van der Waals surface area contributed by atoms with Gasteiger partial charge in [0.15, 0.2) is 6.10 Å². The summed E-state index contributed by atoms with van der Waals surface area (Å²) in [6, 6.07) is 21.6. The Morgan fingerprint density at radius 3 is 2.35 bits per heavy atom. The maximum Gasteiger partial charge on any atom is 0.261 e. The lowest BCUT2D eigenvalue weighted by molar-refractivity contribution is -0.128. The van der Waals surface area contributed by atoms with Gasteiger partial charge >= 0.3 is 0 Å². The minimum Gasteiger partial charge on any atom is -0.497 e. The van der Waals surface area contributed by atoms with E-state index in [1.165, 1.54) is 0 Å². The van der Waals surface area contributed by atoms with E-state index in [2.05, 4.69) is 11.4 Å². The van der Waals surface area contributed by atoms with E-state index in [4.69, 9.17) is 9.47 Å². The third kappa shape index (κ3) is 4.33. The van der Waals surface area contributed by atoms with Crippen molar-refractivity contribution in [3.05, 3.63) is 72.3 Å². The minimum absolute atomic E-state index is 0.114. The second-order valence-electron chi connectivity index (χ2n) is 6.09. The molecule has 0 aliphatic rings. The number of fused-ring (bicyclic) bond motifs is 1. The first kappa shape index (κ1) is 17.8. The zero-order valence-electron chi connectivity index (χ0n) is 15.1. The largest absolute Gasteiger partial charge is 0.497 e. The Labute approximate surface area is 153 Å². The maximum atomic E-state index is 12.5. The first-order valence-corrected chi connectivity index (χ1v) is 8.75. The first-order valence-electron chi connectivity index (χ1n) is 8.75. The van der Waals surface area contributed by atoms with Crippen molar-refractivity contribution in [2.75, 3.05) is 7.11 Å². The summed E-state index contributed by atoms with van der Waals surface area (Å²) in [5, 5.41) is 5.19. The number of nitrogens with one attached hydrogen (secondary N) is 1. The Bertz CT molecular complexity index is 874. The van der Waals surface area contributed by atoms with Crippen molar-refractivity contribution in [1.29, 1.82) is 0 Å². The molecule has 0 aromatic heterocycles. The lowest BCUT2D eigenvalue weighted by Gasteiger charge is -2.18. The van der Waals surface area contributed by atoms with E-state index < -0.39 is 6.10 Å². The van der Waals surface area contributed by atoms with Crippen molar-refractivity contribution in [3.8, 4) is 11.5 Å². The monoisotopic (exact) mass is 349 g/mol. The van der Waals surface area contributed by atoms with Gasteiger partial charge in [-0.25, -0.2) is 0 Å². The Hall–Kier alpha value is -3.01. The van der Waals surface area contributed by atoms with Crippen LogP contribution in [0, 0.1) is 0 Å². The second kappa shape index (κ2) is 8.39. The molecule has 1 atom stereocenters. The zero-order chi connectivity index (χ0) is 18.4. The van der Waals surface area contributed by atoms with Gasteiger partial charge in [0.2, 0.25) is 0 Å². The fourth-order valence-electron chi connectivity index (χ4n) is 2.77. The molecule has 3 aromatic rings. The molecule has 4 nitrogen and oxygen atoms in total. The molecule has 0 unspecified atom stereocenters. The quantitative estimate of drug-likeness (QED) is 0.691. The van der Waals surface area contributed by atoms with Crippen LogP contribution in [0.2, 0.25) is 0 Å². The van der Waals surface area contributed by atoms with Crippen molar-refractivity contribution in [1.82, 2.24) is 5.32 Å². The molecule has 0 spiro atoms. The number of rotatable bonds is 7. The third-order valence-electron chi connectivity index (χ3n) is 4.29. The normalized spacial score (nSPS) is 11.8. The predicted molar refractivity (Wildman–Crippen MR) is 103 cm³/mol. The summed E-state index contributed by atoms with van der Waals surface area (Å²) in [6.45, 7) is 2.40. The van der Waals surface area contributed by atoms with Gasteiger partial charge in [0.05, 0.1) is 7.11 Å². The van der Waals surface area contributed by atoms with E-state index in [0.717, 1.165) is 22.1 Å². The van der Waals surface area contributed by atoms with Crippen molar-refractivity contribution in [2.45, 2.75) is 26.0 Å². The Kier molecular flexibility index (Phi) is 5.74. The summed E-state index contributed by atoms with van der Waals surface area (Å²) in [4.78, 5) is 12.5. The molecule has 0 aliphatic carbocycles. The molecule has 0 saturated carbocycles. The number of ether oxygens (including phenoxy) is 2. The van der Waals surface area contributed by atoms with Crippen LogP contribution >= 0.6 is 0 Å². The van der Waals surface area contributed by atoms with Crippen LogP contribution in [0.1, 0.15) is 18.9 Å². The van der Waals surface area contributed by atoms with E-state index in [9.17, 15) is 4.79 Å². The summed E-state index contributed by atoms with van der Waals surface area (Å²) in [5.74, 6) is 1.39. The van der Waals surface area contributed by atoms with Gasteiger partial charge in [0.25, 0.3) is 5.91 Å². The van der Waals surface area contributed by atoms with E-state index in [1.54, 1.807) is 7.11 Å². The highest BCUT2D eigenvalue weighted by Crippen LogP contribution is 2.22. The molecule has 26 heavy (non-hydrogen) atoms. The lowest BCUT2D eigenvalue weighted by atomic mass is 10.1. The molecule has 0 heterocycles. The summed E-state index contributed by atoms with van der Waals surface area (Å²) >= 11 is 0. The molecule has 0 saturated heterocycles. The van der Waals surface area contributed by atoms with Gasteiger partial charge in [-0.05, 0) is 47.0 Å². The highest BCUT2D eigenvalue weighted by molar-refractivity contribution is 5.84. The van der Waals surface area contributed by atoms with Crippen molar-refractivity contribution in [2.24, 2.45) is 0 Å². The third-order valence-corrected chi connectivity index (χ3v) is 4.29. The summed E-state index contributed by atoms with van der Waals surface area (Å²) in [6.07, 6.45) is 0.0794. The number of carbonyl (C=O) groups excluding carboxylic acids is 1. The fourth-order valence-corrected chi connectivity index (χ4v) is 2.77. The number of hydrogen-bond acceptors (Lipinski definition) is 3. The Morgan fingerprint density at radius 1 is 0.962 bits per heavy atom. The van der Waals surface area contributed by atoms with Crippen molar-refractivity contribution in [3.63, 3.8) is 0 Å². The lowest BCUT2D eigenvalue weighted by Crippen LogP contribution is -2.37. The van der Waals surface area contributed by atoms with Gasteiger partial charge in [-0.3, -0.25) is 4.79 Å². The van der Waals surface area contributed by atoms with Gasteiger partial charge in [-0.2, -0.15) is 0 Å². The van der Waals surface area contributed by atoms with E-state index in [0.29, 0.717) is 18.7 Å². The zero-order valence-corrected chi connectivity index (χ0v) is 15.1. The van der Waals surface area contributed by atoms with Crippen LogP contribution in [0.15, 0.2) is 66.7 Å². The molecule has 1 N–H and O–H groups in total. The highest BCUT2D eigenvalue weighted by atomic mass is 16.5. The van der Waals surface area contributed by atoms with Gasteiger partial charge < -0.3 is 14.8 Å². The number of hydrogen-bond donors (Lipinski definition) is 1. The Morgan fingerprint density at radius 2 is 1.65 bits per heavy atom. The summed E-state index contributed by atoms with van der Waals surface area (Å²) in [5.41, 5.74) is 1.01. The number of benzene rings is 3. The molecule has 0 fully saturated rings. The van der Waals surface area contributed by atoms with Crippen molar-refractivity contribution >= 4 is 16.7 Å². The van der Waals surface area contributed by atoms with Crippen LogP contribution in [0.5, 0.6) is 11.5 Å². The standard InChI is InChI=1S/C22H23NO3/c1-3-21(22(24)23-15-16-8-11-19(25-2)12-9-16)26-20-13-10-17-6-4-5-7-18(17)14-20/h4-14,21H,3,15H2,1-2H3,(H,23,24)/t21-/m0/s1. The smallest absolute Gasteiger partial charge is 0.261 e. The number of carbonyl (C=O) groups is 1. The second-order valence-corrected chi connectivity index (χ2v) is 6.09. The number of methoxy groups -OCH3 is 1. The van der Waals surface area contributed by atoms with Gasteiger partial charge in [-0.1, -0.05) is 49.4 Å². The number of amides is 1. The van der Waals surface area contributed by atoms with Crippen molar-refractivity contribution < 1.29 is 14.3 Å². The van der Waals surface area contributed by atoms with Crippen LogP contribution in [0.3, 0.4) is 0 Å².